The zero-order valence-electron chi connectivity index (χ0n) is 11.7. The molecule has 3 rings (SSSR count). The molecule has 1 heteroatoms. The van der Waals surface area contributed by atoms with Crippen LogP contribution in [0.1, 0.15) is 27.6 Å². The molecule has 0 aliphatic heterocycles. The molecule has 3 aromatic rings. The summed E-state index contributed by atoms with van der Waals surface area (Å²) in [5, 5.41) is 2.36. The fourth-order valence-electron chi connectivity index (χ4n) is 2.75. The van der Waals surface area contributed by atoms with Gasteiger partial charge in [-0.2, -0.15) is 0 Å². The van der Waals surface area contributed by atoms with Crippen LogP contribution in [0.3, 0.4) is 0 Å². The van der Waals surface area contributed by atoms with E-state index in [-0.39, 0.29) is 5.38 Å². The normalized spacial score (nSPS) is 12.6. The highest BCUT2D eigenvalue weighted by Gasteiger charge is 2.15. The molecule has 0 bridgehead atoms. The van der Waals surface area contributed by atoms with Gasteiger partial charge in [-0.1, -0.05) is 66.2 Å². The molecule has 0 N–H and O–H groups in total. The average Bonchev–Trinajstić information content (AvgIpc) is 2.46. The minimum atomic E-state index is -0.110. The van der Waals surface area contributed by atoms with Crippen LogP contribution in [0.2, 0.25) is 0 Å². The van der Waals surface area contributed by atoms with E-state index in [0.29, 0.717) is 0 Å². The van der Waals surface area contributed by atoms with Gasteiger partial charge in [-0.05, 0) is 41.3 Å². The second-order valence-electron chi connectivity index (χ2n) is 5.29. The Morgan fingerprint density at radius 2 is 1.55 bits per heavy atom. The number of alkyl halides is 1. The Balaban J connectivity index is 2.15. The number of benzene rings is 3. The summed E-state index contributed by atoms with van der Waals surface area (Å²) in [5.74, 6) is 0. The second-order valence-corrected chi connectivity index (χ2v) is 5.73. The number of hydrogen-bond donors (Lipinski definition) is 0. The molecule has 0 spiro atoms. The van der Waals surface area contributed by atoms with E-state index in [4.69, 9.17) is 11.6 Å². The van der Waals surface area contributed by atoms with Crippen molar-refractivity contribution in [1.82, 2.24) is 0 Å². The number of halogens is 1. The Kier molecular flexibility index (Phi) is 3.50. The summed E-state index contributed by atoms with van der Waals surface area (Å²) in [6.07, 6.45) is 0. The third-order valence-corrected chi connectivity index (χ3v) is 4.26. The van der Waals surface area contributed by atoms with E-state index in [2.05, 4.69) is 74.5 Å². The lowest BCUT2D eigenvalue weighted by Crippen LogP contribution is -1.97. The van der Waals surface area contributed by atoms with Gasteiger partial charge in [-0.25, -0.2) is 0 Å². The molecule has 1 unspecified atom stereocenters. The Labute approximate surface area is 125 Å². The number of hydrogen-bond acceptors (Lipinski definition) is 0. The number of aryl methyl sites for hydroxylation is 2. The van der Waals surface area contributed by atoms with Gasteiger partial charge in [0.2, 0.25) is 0 Å². The minimum absolute atomic E-state index is 0.110. The maximum Gasteiger partial charge on any atom is 0.0843 e. The third kappa shape index (κ3) is 2.32. The van der Waals surface area contributed by atoms with Crippen molar-refractivity contribution in [1.29, 1.82) is 0 Å². The molecule has 0 amide bonds. The fourth-order valence-corrected chi connectivity index (χ4v) is 3.18. The van der Waals surface area contributed by atoms with Gasteiger partial charge in [0, 0.05) is 0 Å². The van der Waals surface area contributed by atoms with Crippen molar-refractivity contribution in [2.75, 3.05) is 0 Å². The standard InChI is InChI=1S/C19H17Cl/c1-13-10-11-16(14(2)12-13)19(20)18-9-5-7-15-6-3-4-8-17(15)18/h3-12,19H,1-2H3. The van der Waals surface area contributed by atoms with Crippen LogP contribution in [-0.2, 0) is 0 Å². The fraction of sp³-hybridized carbons (Fsp3) is 0.158. The van der Waals surface area contributed by atoms with Crippen molar-refractivity contribution in [3.05, 3.63) is 82.9 Å². The quantitative estimate of drug-likeness (QED) is 0.522. The van der Waals surface area contributed by atoms with Crippen LogP contribution >= 0.6 is 11.6 Å². The molecule has 0 aromatic heterocycles. The molecule has 3 aromatic carbocycles. The molecule has 100 valence electrons. The first kappa shape index (κ1) is 13.2. The highest BCUT2D eigenvalue weighted by Crippen LogP contribution is 2.35. The van der Waals surface area contributed by atoms with Crippen LogP contribution < -0.4 is 0 Å². The molecule has 0 nitrogen and oxygen atoms in total. The van der Waals surface area contributed by atoms with Crippen molar-refractivity contribution in [2.24, 2.45) is 0 Å². The van der Waals surface area contributed by atoms with E-state index in [0.717, 1.165) is 0 Å². The number of fused-ring (bicyclic) bond motifs is 1. The average molecular weight is 281 g/mol. The van der Waals surface area contributed by atoms with Gasteiger partial charge in [0.15, 0.2) is 0 Å². The lowest BCUT2D eigenvalue weighted by atomic mass is 9.95. The van der Waals surface area contributed by atoms with Gasteiger partial charge in [0.1, 0.15) is 0 Å². The Bertz CT molecular complexity index is 753. The minimum Gasteiger partial charge on any atom is -0.113 e. The highest BCUT2D eigenvalue weighted by molar-refractivity contribution is 6.23. The van der Waals surface area contributed by atoms with Crippen molar-refractivity contribution < 1.29 is 0 Å². The van der Waals surface area contributed by atoms with Crippen molar-refractivity contribution in [3.8, 4) is 0 Å². The summed E-state index contributed by atoms with van der Waals surface area (Å²) < 4.78 is 0. The van der Waals surface area contributed by atoms with E-state index in [1.54, 1.807) is 0 Å². The van der Waals surface area contributed by atoms with E-state index in [9.17, 15) is 0 Å². The summed E-state index contributed by atoms with van der Waals surface area (Å²) in [4.78, 5) is 0. The topological polar surface area (TPSA) is 0 Å². The maximum absolute atomic E-state index is 6.77. The summed E-state index contributed by atoms with van der Waals surface area (Å²) in [7, 11) is 0. The van der Waals surface area contributed by atoms with Crippen molar-refractivity contribution in [3.63, 3.8) is 0 Å². The molecule has 0 saturated heterocycles. The van der Waals surface area contributed by atoms with E-state index in [1.807, 2.05) is 0 Å². The summed E-state index contributed by atoms with van der Waals surface area (Å²) in [5.41, 5.74) is 4.89. The zero-order chi connectivity index (χ0) is 14.1. The first-order chi connectivity index (χ1) is 9.66. The molecule has 1 atom stereocenters. The molecular weight excluding hydrogens is 264 g/mol. The largest absolute Gasteiger partial charge is 0.113 e. The Morgan fingerprint density at radius 3 is 2.35 bits per heavy atom. The maximum atomic E-state index is 6.77. The van der Waals surface area contributed by atoms with Gasteiger partial charge in [0.25, 0.3) is 0 Å². The van der Waals surface area contributed by atoms with Crippen LogP contribution in [0, 0.1) is 13.8 Å². The van der Waals surface area contributed by atoms with Crippen LogP contribution in [0.15, 0.2) is 60.7 Å². The molecule has 20 heavy (non-hydrogen) atoms. The van der Waals surface area contributed by atoms with Gasteiger partial charge in [-0.3, -0.25) is 0 Å². The van der Waals surface area contributed by atoms with Gasteiger partial charge in [-0.15, -0.1) is 11.6 Å². The predicted molar refractivity (Wildman–Crippen MR) is 87.6 cm³/mol. The molecule has 0 radical (unpaired) electrons. The first-order valence-corrected chi connectivity index (χ1v) is 7.29. The first-order valence-electron chi connectivity index (χ1n) is 6.85. The van der Waals surface area contributed by atoms with E-state index < -0.39 is 0 Å². The van der Waals surface area contributed by atoms with Gasteiger partial charge in [0.05, 0.1) is 5.38 Å². The van der Waals surface area contributed by atoms with E-state index >= 15 is 0 Å². The van der Waals surface area contributed by atoms with E-state index in [1.165, 1.54) is 33.0 Å². The predicted octanol–water partition coefficient (Wildman–Crippen LogP) is 5.78. The lowest BCUT2D eigenvalue weighted by Gasteiger charge is -2.16. The van der Waals surface area contributed by atoms with Gasteiger partial charge < -0.3 is 0 Å². The van der Waals surface area contributed by atoms with Crippen molar-refractivity contribution >= 4 is 22.4 Å². The smallest absolute Gasteiger partial charge is 0.0843 e. The van der Waals surface area contributed by atoms with Crippen LogP contribution in [0.25, 0.3) is 10.8 Å². The molecule has 0 heterocycles. The molecule has 0 aliphatic carbocycles. The highest BCUT2D eigenvalue weighted by atomic mass is 35.5. The lowest BCUT2D eigenvalue weighted by molar-refractivity contribution is 1.12. The molecule has 0 aliphatic rings. The molecule has 0 fully saturated rings. The van der Waals surface area contributed by atoms with Crippen LogP contribution in [0.5, 0.6) is 0 Å². The van der Waals surface area contributed by atoms with Crippen molar-refractivity contribution in [2.45, 2.75) is 19.2 Å². The number of rotatable bonds is 2. The Hall–Kier alpha value is -1.79. The monoisotopic (exact) mass is 280 g/mol. The van der Waals surface area contributed by atoms with Crippen LogP contribution in [-0.4, -0.2) is 0 Å². The Morgan fingerprint density at radius 1 is 0.800 bits per heavy atom. The third-order valence-electron chi connectivity index (χ3n) is 3.79. The van der Waals surface area contributed by atoms with Crippen LogP contribution in [0.4, 0.5) is 0 Å². The molecular formula is C19H17Cl. The summed E-state index contributed by atoms with van der Waals surface area (Å²) >= 11 is 6.77. The van der Waals surface area contributed by atoms with Gasteiger partial charge >= 0.3 is 0 Å². The second kappa shape index (κ2) is 5.30. The molecule has 0 saturated carbocycles. The summed E-state index contributed by atoms with van der Waals surface area (Å²) in [6.45, 7) is 4.24. The SMILES string of the molecule is Cc1ccc(C(Cl)c2cccc3ccccc23)c(C)c1. The summed E-state index contributed by atoms with van der Waals surface area (Å²) in [6, 6.07) is 21.2. The zero-order valence-corrected chi connectivity index (χ0v) is 12.5.